The average Bonchev–Trinajstić information content (AvgIpc) is 3.48. The normalized spacial score (nSPS) is 21.0. The number of aromatic nitrogens is 1. The highest BCUT2D eigenvalue weighted by Crippen LogP contribution is 2.31. The lowest BCUT2D eigenvalue weighted by Gasteiger charge is -2.27. The molecule has 1 amide bonds. The lowest BCUT2D eigenvalue weighted by Crippen LogP contribution is -2.35. The molecule has 1 aromatic heterocycles. The molecule has 0 saturated heterocycles. The fraction of sp³-hybridized carbons (Fsp3) is 0.560. The molecule has 0 bridgehead atoms. The summed E-state index contributed by atoms with van der Waals surface area (Å²) in [5.74, 6) is 0.228. The van der Waals surface area contributed by atoms with Crippen molar-refractivity contribution in [1.29, 1.82) is 0 Å². The molecule has 1 N–H and O–H groups in total. The molecule has 4 rings (SSSR count). The van der Waals surface area contributed by atoms with E-state index in [4.69, 9.17) is 14.0 Å². The van der Waals surface area contributed by atoms with Crippen LogP contribution in [0.4, 0.5) is 4.79 Å². The van der Waals surface area contributed by atoms with Crippen molar-refractivity contribution in [2.75, 3.05) is 7.05 Å². The number of nitrogens with zero attached hydrogens (tertiary/aromatic N) is 2. The predicted octanol–water partition coefficient (Wildman–Crippen LogP) is 5.18. The van der Waals surface area contributed by atoms with E-state index in [1.807, 2.05) is 24.3 Å². The molecule has 0 spiro atoms. The number of benzene rings is 1. The first-order valence-corrected chi connectivity index (χ1v) is 11.8. The van der Waals surface area contributed by atoms with E-state index in [1.165, 1.54) is 0 Å². The number of amides is 1. The minimum absolute atomic E-state index is 0.0909. The van der Waals surface area contributed by atoms with E-state index in [-0.39, 0.29) is 30.8 Å². The number of ether oxygens (including phenoxy) is 2. The molecule has 2 saturated carbocycles. The summed E-state index contributed by atoms with van der Waals surface area (Å²) in [6.45, 7) is 1.90. The first-order chi connectivity index (χ1) is 15.9. The third-order valence-corrected chi connectivity index (χ3v) is 6.89. The molecule has 2 aliphatic carbocycles. The van der Waals surface area contributed by atoms with Crippen LogP contribution in [-0.4, -0.2) is 46.4 Å². The smallest absolute Gasteiger partial charge is 0.410 e. The van der Waals surface area contributed by atoms with Gasteiger partial charge in [0, 0.05) is 18.7 Å². The standard InChI is InChI=1S/C25H32N2O6/c1-16-22(15-31-25(30)27(2)19-7-3-4-8-19)23(26-33-16)17-10-12-20(13-11-17)32-21-9-5-6-18(14-21)24(28)29/h10-13,18-19,21H,3-9,14-15H2,1-2H3,(H,28,29)/t18-,21?/m0/s1. The SMILES string of the molecule is Cc1onc(-c2ccc(OC3CCC[C@H](C(=O)O)C3)cc2)c1COC(=O)N(C)C1CCCC1. The number of carboxylic acids is 1. The number of aryl methyl sites for hydroxylation is 1. The van der Waals surface area contributed by atoms with E-state index in [1.54, 1.807) is 18.9 Å². The van der Waals surface area contributed by atoms with Crippen molar-refractivity contribution >= 4 is 12.1 Å². The van der Waals surface area contributed by atoms with Crippen molar-refractivity contribution < 1.29 is 28.7 Å². The molecular formula is C25H32N2O6. The summed E-state index contributed by atoms with van der Waals surface area (Å²) in [5.41, 5.74) is 2.22. The van der Waals surface area contributed by atoms with Crippen molar-refractivity contribution in [1.82, 2.24) is 10.1 Å². The van der Waals surface area contributed by atoms with Gasteiger partial charge < -0.3 is 24.0 Å². The zero-order chi connectivity index (χ0) is 23.4. The molecule has 2 atom stereocenters. The third kappa shape index (κ3) is 5.49. The molecular weight excluding hydrogens is 424 g/mol. The lowest BCUT2D eigenvalue weighted by atomic mass is 9.87. The Bertz CT molecular complexity index is 964. The van der Waals surface area contributed by atoms with Crippen LogP contribution in [-0.2, 0) is 16.1 Å². The Balaban J connectivity index is 1.38. The molecule has 0 radical (unpaired) electrons. The number of hydrogen-bond donors (Lipinski definition) is 1. The summed E-state index contributed by atoms with van der Waals surface area (Å²) < 4.78 is 17.0. The van der Waals surface area contributed by atoms with Gasteiger partial charge in [-0.25, -0.2) is 4.79 Å². The third-order valence-electron chi connectivity index (χ3n) is 6.89. The Morgan fingerprint density at radius 3 is 2.55 bits per heavy atom. The summed E-state index contributed by atoms with van der Waals surface area (Å²) in [6, 6.07) is 7.74. The molecule has 0 aliphatic heterocycles. The van der Waals surface area contributed by atoms with Crippen LogP contribution in [0.1, 0.15) is 62.7 Å². The highest BCUT2D eigenvalue weighted by molar-refractivity contribution is 5.70. The van der Waals surface area contributed by atoms with Gasteiger partial charge in [-0.3, -0.25) is 4.79 Å². The minimum atomic E-state index is -0.747. The van der Waals surface area contributed by atoms with Crippen LogP contribution >= 0.6 is 0 Å². The van der Waals surface area contributed by atoms with E-state index < -0.39 is 5.97 Å². The summed E-state index contributed by atoms with van der Waals surface area (Å²) >= 11 is 0. The monoisotopic (exact) mass is 456 g/mol. The van der Waals surface area contributed by atoms with Crippen LogP contribution in [0.15, 0.2) is 28.8 Å². The molecule has 1 aromatic carbocycles. The highest BCUT2D eigenvalue weighted by atomic mass is 16.6. The zero-order valence-electron chi connectivity index (χ0n) is 19.3. The predicted molar refractivity (Wildman–Crippen MR) is 121 cm³/mol. The maximum atomic E-state index is 12.5. The molecule has 2 fully saturated rings. The van der Waals surface area contributed by atoms with Crippen LogP contribution in [0.25, 0.3) is 11.3 Å². The van der Waals surface area contributed by atoms with Gasteiger partial charge in [0.25, 0.3) is 0 Å². The highest BCUT2D eigenvalue weighted by Gasteiger charge is 2.28. The fourth-order valence-corrected chi connectivity index (χ4v) is 4.82. The van der Waals surface area contributed by atoms with Crippen LogP contribution in [0.5, 0.6) is 5.75 Å². The Labute approximate surface area is 193 Å². The molecule has 2 aliphatic rings. The van der Waals surface area contributed by atoms with Gasteiger partial charge in [0.1, 0.15) is 23.8 Å². The quantitative estimate of drug-likeness (QED) is 0.612. The zero-order valence-corrected chi connectivity index (χ0v) is 19.3. The second-order valence-corrected chi connectivity index (χ2v) is 9.14. The van der Waals surface area contributed by atoms with Gasteiger partial charge >= 0.3 is 12.1 Å². The number of carbonyl (C=O) groups is 2. The van der Waals surface area contributed by atoms with Crippen molar-refractivity contribution in [3.05, 3.63) is 35.6 Å². The van der Waals surface area contributed by atoms with E-state index >= 15 is 0 Å². The maximum absolute atomic E-state index is 12.5. The van der Waals surface area contributed by atoms with Gasteiger partial charge in [-0.1, -0.05) is 18.0 Å². The molecule has 178 valence electrons. The van der Waals surface area contributed by atoms with Crippen molar-refractivity contribution in [3.8, 4) is 17.0 Å². The van der Waals surface area contributed by atoms with Crippen molar-refractivity contribution in [2.24, 2.45) is 5.92 Å². The largest absolute Gasteiger partial charge is 0.490 e. The lowest BCUT2D eigenvalue weighted by molar-refractivity contribution is -0.143. The summed E-state index contributed by atoms with van der Waals surface area (Å²) in [7, 11) is 1.80. The first kappa shape index (κ1) is 23.1. The molecule has 1 unspecified atom stereocenters. The Morgan fingerprint density at radius 1 is 1.12 bits per heavy atom. The number of carbonyl (C=O) groups excluding carboxylic acids is 1. The van der Waals surface area contributed by atoms with Crippen LogP contribution in [0, 0.1) is 12.8 Å². The summed E-state index contributed by atoms with van der Waals surface area (Å²) in [4.78, 5) is 25.5. The van der Waals surface area contributed by atoms with Gasteiger partial charge in [-0.05, 0) is 69.7 Å². The van der Waals surface area contributed by atoms with Crippen LogP contribution in [0.2, 0.25) is 0 Å². The minimum Gasteiger partial charge on any atom is -0.490 e. The van der Waals surface area contributed by atoms with Crippen molar-refractivity contribution in [3.63, 3.8) is 0 Å². The van der Waals surface area contributed by atoms with Crippen molar-refractivity contribution in [2.45, 2.75) is 77.0 Å². The van der Waals surface area contributed by atoms with E-state index in [9.17, 15) is 14.7 Å². The summed E-state index contributed by atoms with van der Waals surface area (Å²) in [6.07, 6.45) is 6.89. The van der Waals surface area contributed by atoms with E-state index in [0.717, 1.165) is 49.7 Å². The Hall–Kier alpha value is -3.03. The first-order valence-electron chi connectivity index (χ1n) is 11.8. The number of hydrogen-bond acceptors (Lipinski definition) is 6. The van der Waals surface area contributed by atoms with E-state index in [0.29, 0.717) is 30.0 Å². The number of aliphatic carboxylic acids is 1. The second-order valence-electron chi connectivity index (χ2n) is 9.14. The van der Waals surface area contributed by atoms with Gasteiger partial charge in [0.2, 0.25) is 0 Å². The Morgan fingerprint density at radius 2 is 1.85 bits per heavy atom. The topological polar surface area (TPSA) is 102 Å². The van der Waals surface area contributed by atoms with E-state index in [2.05, 4.69) is 5.16 Å². The van der Waals surface area contributed by atoms with Gasteiger partial charge in [0.05, 0.1) is 17.6 Å². The number of carboxylic acid groups (broad SMARTS) is 1. The Kier molecular flexibility index (Phi) is 7.20. The summed E-state index contributed by atoms with van der Waals surface area (Å²) in [5, 5.41) is 13.4. The van der Waals surface area contributed by atoms with Gasteiger partial charge in [-0.2, -0.15) is 0 Å². The maximum Gasteiger partial charge on any atom is 0.410 e. The number of rotatable bonds is 7. The van der Waals surface area contributed by atoms with Crippen LogP contribution in [0.3, 0.4) is 0 Å². The van der Waals surface area contributed by atoms with Crippen LogP contribution < -0.4 is 4.74 Å². The second kappa shape index (κ2) is 10.3. The molecule has 33 heavy (non-hydrogen) atoms. The average molecular weight is 457 g/mol. The molecule has 2 aromatic rings. The molecule has 8 nitrogen and oxygen atoms in total. The molecule has 1 heterocycles. The van der Waals surface area contributed by atoms with Gasteiger partial charge in [-0.15, -0.1) is 0 Å². The fourth-order valence-electron chi connectivity index (χ4n) is 4.82. The van der Waals surface area contributed by atoms with Gasteiger partial charge in [0.15, 0.2) is 0 Å². The molecule has 8 heteroatoms.